The first-order chi connectivity index (χ1) is 13.9. The number of rotatable bonds is 6. The van der Waals surface area contributed by atoms with Crippen molar-refractivity contribution in [2.45, 2.75) is 26.7 Å². The van der Waals surface area contributed by atoms with Gasteiger partial charge in [0.15, 0.2) is 5.82 Å². The van der Waals surface area contributed by atoms with E-state index < -0.39 is 0 Å². The number of nitrogens with one attached hydrogen (secondary N) is 3. The summed E-state index contributed by atoms with van der Waals surface area (Å²) in [7, 11) is 2.98. The summed E-state index contributed by atoms with van der Waals surface area (Å²) in [4.78, 5) is 33.6. The van der Waals surface area contributed by atoms with E-state index in [-0.39, 0.29) is 17.7 Å². The van der Waals surface area contributed by atoms with Crippen molar-refractivity contribution in [3.8, 4) is 0 Å². The van der Waals surface area contributed by atoms with E-state index in [9.17, 15) is 9.59 Å². The Morgan fingerprint density at radius 3 is 2.59 bits per heavy atom. The Morgan fingerprint density at radius 2 is 1.93 bits per heavy atom. The zero-order valence-corrected chi connectivity index (χ0v) is 17.0. The molecular formula is C20H24N6O3. The van der Waals surface area contributed by atoms with Gasteiger partial charge in [0.05, 0.1) is 12.7 Å². The molecule has 0 fully saturated rings. The number of hydroxylamine groups is 1. The van der Waals surface area contributed by atoms with Gasteiger partial charge in [-0.05, 0) is 36.1 Å². The second kappa shape index (κ2) is 8.27. The van der Waals surface area contributed by atoms with Gasteiger partial charge in [0.25, 0.3) is 11.8 Å². The van der Waals surface area contributed by atoms with Crippen LogP contribution in [-0.2, 0) is 4.84 Å². The number of anilines is 2. The quantitative estimate of drug-likeness (QED) is 0.553. The largest absolute Gasteiger partial charge is 0.355 e. The van der Waals surface area contributed by atoms with Crippen LogP contribution in [0.4, 0.5) is 11.5 Å². The number of carbonyl (C=O) groups excluding carboxylic acids is 2. The Labute approximate surface area is 168 Å². The average molecular weight is 396 g/mol. The van der Waals surface area contributed by atoms with Crippen LogP contribution in [0.2, 0.25) is 0 Å². The van der Waals surface area contributed by atoms with Crippen molar-refractivity contribution >= 4 is 28.8 Å². The van der Waals surface area contributed by atoms with Crippen molar-refractivity contribution in [2.24, 2.45) is 0 Å². The minimum absolute atomic E-state index is 0.0694. The van der Waals surface area contributed by atoms with Crippen LogP contribution in [-0.4, -0.2) is 40.6 Å². The Bertz CT molecular complexity index is 1070. The highest BCUT2D eigenvalue weighted by atomic mass is 16.6. The summed E-state index contributed by atoms with van der Waals surface area (Å²) in [5.74, 6) is 0.0914. The number of aryl methyl sites for hydroxylation is 1. The van der Waals surface area contributed by atoms with Crippen LogP contribution in [0.25, 0.3) is 5.52 Å². The minimum atomic E-state index is -0.339. The number of benzene rings is 1. The first-order valence-corrected chi connectivity index (χ1v) is 9.16. The molecule has 2 aromatic heterocycles. The fraction of sp³-hybridized carbons (Fsp3) is 0.300. The maximum atomic E-state index is 12.3. The maximum absolute atomic E-state index is 12.3. The molecule has 0 unspecified atom stereocenters. The van der Waals surface area contributed by atoms with Gasteiger partial charge in [0.2, 0.25) is 0 Å². The third-order valence-corrected chi connectivity index (χ3v) is 4.60. The van der Waals surface area contributed by atoms with Gasteiger partial charge in [-0.25, -0.2) is 15.0 Å². The monoisotopic (exact) mass is 396 g/mol. The average Bonchev–Trinajstić information content (AvgIpc) is 3.10. The standard InChI is InChI=1S/C20H24N6O3/c1-11(2)16-15(19(27)21-4)9-26-17(16)18(22-10-23-26)24-13-7-6-12(3)14(8-13)20(28)25-29-5/h6-11H,1-5H3,(H,21,27)(H,25,28)(H,22,23,24). The van der Waals surface area contributed by atoms with Crippen LogP contribution in [0.3, 0.4) is 0 Å². The molecule has 0 radical (unpaired) electrons. The SMILES string of the molecule is CNC(=O)c1cn2ncnc(Nc3ccc(C)c(C(=O)NOC)c3)c2c1C(C)C. The minimum Gasteiger partial charge on any atom is -0.355 e. The van der Waals surface area contributed by atoms with Crippen LogP contribution in [0.1, 0.15) is 51.6 Å². The van der Waals surface area contributed by atoms with E-state index in [2.05, 4.69) is 26.2 Å². The highest BCUT2D eigenvalue weighted by Gasteiger charge is 2.22. The molecule has 9 heteroatoms. The predicted octanol–water partition coefficient (Wildman–Crippen LogP) is 2.56. The molecule has 29 heavy (non-hydrogen) atoms. The lowest BCUT2D eigenvalue weighted by Crippen LogP contribution is -2.22. The molecule has 2 heterocycles. The Balaban J connectivity index is 2.10. The van der Waals surface area contributed by atoms with Crippen LogP contribution < -0.4 is 16.1 Å². The van der Waals surface area contributed by atoms with Gasteiger partial charge in [-0.15, -0.1) is 0 Å². The fourth-order valence-electron chi connectivity index (χ4n) is 3.26. The molecule has 0 aliphatic carbocycles. The zero-order chi connectivity index (χ0) is 21.1. The normalized spacial score (nSPS) is 11.0. The summed E-state index contributed by atoms with van der Waals surface area (Å²) in [5, 5.41) is 10.2. The van der Waals surface area contributed by atoms with Crippen molar-refractivity contribution in [2.75, 3.05) is 19.5 Å². The van der Waals surface area contributed by atoms with E-state index in [4.69, 9.17) is 4.84 Å². The number of nitrogens with zero attached hydrogens (tertiary/aromatic N) is 3. The predicted molar refractivity (Wildman–Crippen MR) is 109 cm³/mol. The zero-order valence-electron chi connectivity index (χ0n) is 17.0. The number of hydrogen-bond donors (Lipinski definition) is 3. The van der Waals surface area contributed by atoms with E-state index >= 15 is 0 Å². The molecule has 9 nitrogen and oxygen atoms in total. The fourth-order valence-corrected chi connectivity index (χ4v) is 3.26. The first-order valence-electron chi connectivity index (χ1n) is 9.16. The molecule has 0 bridgehead atoms. The van der Waals surface area contributed by atoms with E-state index in [1.54, 1.807) is 23.8 Å². The molecule has 152 valence electrons. The van der Waals surface area contributed by atoms with Gasteiger partial charge >= 0.3 is 0 Å². The Kier molecular flexibility index (Phi) is 5.79. The van der Waals surface area contributed by atoms with Gasteiger partial charge < -0.3 is 10.6 Å². The lowest BCUT2D eigenvalue weighted by atomic mass is 9.99. The Morgan fingerprint density at radius 1 is 1.17 bits per heavy atom. The topological polar surface area (TPSA) is 110 Å². The van der Waals surface area contributed by atoms with Crippen LogP contribution in [0.5, 0.6) is 0 Å². The summed E-state index contributed by atoms with van der Waals surface area (Å²) in [6.07, 6.45) is 3.11. The van der Waals surface area contributed by atoms with E-state index in [1.165, 1.54) is 13.4 Å². The summed E-state index contributed by atoms with van der Waals surface area (Å²) >= 11 is 0. The molecule has 0 saturated heterocycles. The van der Waals surface area contributed by atoms with Gasteiger partial charge in [-0.3, -0.25) is 14.4 Å². The van der Waals surface area contributed by atoms with Crippen molar-refractivity contribution in [1.82, 2.24) is 25.4 Å². The number of hydrogen-bond acceptors (Lipinski definition) is 6. The number of amides is 2. The van der Waals surface area contributed by atoms with Crippen LogP contribution >= 0.6 is 0 Å². The summed E-state index contributed by atoms with van der Waals surface area (Å²) in [6, 6.07) is 5.41. The molecule has 0 saturated carbocycles. The van der Waals surface area contributed by atoms with Crippen LogP contribution in [0.15, 0.2) is 30.7 Å². The second-order valence-electron chi connectivity index (χ2n) is 6.88. The van der Waals surface area contributed by atoms with E-state index in [1.807, 2.05) is 32.9 Å². The smallest absolute Gasteiger partial charge is 0.275 e. The first kappa shape index (κ1) is 20.3. The molecule has 3 N–H and O–H groups in total. The van der Waals surface area contributed by atoms with Gasteiger partial charge in [-0.2, -0.15) is 5.10 Å². The summed E-state index contributed by atoms with van der Waals surface area (Å²) < 4.78 is 1.64. The molecular weight excluding hydrogens is 372 g/mol. The molecule has 1 aromatic carbocycles. The summed E-state index contributed by atoms with van der Waals surface area (Å²) in [5.41, 5.74) is 6.40. The molecule has 0 aliphatic heterocycles. The van der Waals surface area contributed by atoms with Crippen molar-refractivity contribution in [3.63, 3.8) is 0 Å². The molecule has 3 rings (SSSR count). The van der Waals surface area contributed by atoms with E-state index in [0.29, 0.717) is 28.1 Å². The number of carbonyl (C=O) groups is 2. The lowest BCUT2D eigenvalue weighted by molar-refractivity contribution is 0.0537. The lowest BCUT2D eigenvalue weighted by Gasteiger charge is -2.13. The number of fused-ring (bicyclic) bond motifs is 1. The van der Waals surface area contributed by atoms with Crippen molar-refractivity contribution in [1.29, 1.82) is 0 Å². The van der Waals surface area contributed by atoms with Gasteiger partial charge in [0, 0.05) is 24.5 Å². The van der Waals surface area contributed by atoms with Crippen molar-refractivity contribution < 1.29 is 14.4 Å². The van der Waals surface area contributed by atoms with Gasteiger partial charge in [-0.1, -0.05) is 19.9 Å². The molecule has 0 aliphatic rings. The third kappa shape index (κ3) is 3.90. The molecule has 3 aromatic rings. The highest BCUT2D eigenvalue weighted by Crippen LogP contribution is 2.31. The Hall–Kier alpha value is -3.46. The maximum Gasteiger partial charge on any atom is 0.275 e. The molecule has 0 atom stereocenters. The highest BCUT2D eigenvalue weighted by molar-refractivity contribution is 6.00. The van der Waals surface area contributed by atoms with Crippen LogP contribution in [0, 0.1) is 6.92 Å². The van der Waals surface area contributed by atoms with Gasteiger partial charge in [0.1, 0.15) is 11.8 Å². The van der Waals surface area contributed by atoms with Crippen molar-refractivity contribution in [3.05, 3.63) is 53.0 Å². The molecule has 2 amide bonds. The number of aromatic nitrogens is 3. The summed E-state index contributed by atoms with van der Waals surface area (Å²) in [6.45, 7) is 5.87. The third-order valence-electron chi connectivity index (χ3n) is 4.60. The van der Waals surface area contributed by atoms with E-state index in [0.717, 1.165) is 11.1 Å². The molecule has 0 spiro atoms. The second-order valence-corrected chi connectivity index (χ2v) is 6.88.